The Kier molecular flexibility index (Phi) is 6.84. The van der Waals surface area contributed by atoms with Crippen LogP contribution in [-0.4, -0.2) is 16.4 Å². The first-order valence-electron chi connectivity index (χ1n) is 7.23. The van der Waals surface area contributed by atoms with Gasteiger partial charge < -0.3 is 10.2 Å². The Morgan fingerprint density at radius 2 is 1.19 bits per heavy atom. The number of benzene rings is 2. The fraction of sp³-hybridized carbons (Fsp3) is 0.188. The van der Waals surface area contributed by atoms with Crippen molar-refractivity contribution in [3.05, 3.63) is 43.4 Å². The van der Waals surface area contributed by atoms with Gasteiger partial charge in [-0.1, -0.05) is 46.4 Å². The number of hydrogen-bond acceptors (Lipinski definition) is 7. The van der Waals surface area contributed by atoms with Crippen LogP contribution in [0.2, 0.25) is 20.1 Å². The lowest BCUT2D eigenvalue weighted by Crippen LogP contribution is -1.93. The standard InChI is InChI=1S/C16H11Cl4N5O2/c1-6-8(17)3-10(19)15(26)13(6)24-22-12(5-21)23-25-14-7(2)9(18)4-11(20)16(14)27/h3-4,12,26-27H,1-2H3. The molecule has 0 radical (unpaired) electrons. The van der Waals surface area contributed by atoms with Crippen molar-refractivity contribution in [1.29, 1.82) is 5.26 Å². The van der Waals surface area contributed by atoms with Crippen molar-refractivity contribution in [3.63, 3.8) is 0 Å². The molecule has 2 N–H and O–H groups in total. The number of halogens is 4. The Hall–Kier alpha value is -2.11. The van der Waals surface area contributed by atoms with Crippen LogP contribution in [-0.2, 0) is 0 Å². The first-order chi connectivity index (χ1) is 12.7. The highest BCUT2D eigenvalue weighted by Gasteiger charge is 2.15. The van der Waals surface area contributed by atoms with E-state index in [4.69, 9.17) is 46.4 Å². The molecule has 0 aromatic heterocycles. The van der Waals surface area contributed by atoms with Gasteiger partial charge in [-0.2, -0.15) is 5.26 Å². The summed E-state index contributed by atoms with van der Waals surface area (Å²) in [4.78, 5) is 0. The van der Waals surface area contributed by atoms with Gasteiger partial charge in [0.15, 0.2) is 11.5 Å². The van der Waals surface area contributed by atoms with Gasteiger partial charge in [0.1, 0.15) is 17.4 Å². The van der Waals surface area contributed by atoms with E-state index in [1.807, 2.05) is 0 Å². The minimum Gasteiger partial charge on any atom is -0.504 e. The van der Waals surface area contributed by atoms with Crippen LogP contribution in [0.5, 0.6) is 11.5 Å². The summed E-state index contributed by atoms with van der Waals surface area (Å²) in [5.74, 6) is -0.655. The molecule has 0 unspecified atom stereocenters. The van der Waals surface area contributed by atoms with Crippen molar-refractivity contribution < 1.29 is 10.2 Å². The molecule has 0 heterocycles. The number of azo groups is 2. The maximum atomic E-state index is 9.99. The molecule has 140 valence electrons. The number of nitrogens with zero attached hydrogens (tertiary/aromatic N) is 5. The highest BCUT2D eigenvalue weighted by Crippen LogP contribution is 2.42. The first-order valence-corrected chi connectivity index (χ1v) is 8.75. The Balaban J connectivity index is 2.37. The normalized spacial score (nSPS) is 12.6. The third-order valence-electron chi connectivity index (χ3n) is 3.48. The van der Waals surface area contributed by atoms with Gasteiger partial charge in [-0.05, 0) is 37.1 Å². The van der Waals surface area contributed by atoms with Crippen LogP contribution < -0.4 is 0 Å². The zero-order valence-corrected chi connectivity index (χ0v) is 16.9. The molecule has 0 amide bonds. The summed E-state index contributed by atoms with van der Waals surface area (Å²) in [7, 11) is 0. The van der Waals surface area contributed by atoms with E-state index in [-0.39, 0.29) is 43.0 Å². The van der Waals surface area contributed by atoms with Crippen molar-refractivity contribution in [2.75, 3.05) is 0 Å². The van der Waals surface area contributed by atoms with Crippen molar-refractivity contribution in [3.8, 4) is 17.6 Å². The molecule has 11 heteroatoms. The number of aromatic hydroxyl groups is 2. The molecule has 0 fully saturated rings. The van der Waals surface area contributed by atoms with Gasteiger partial charge in [0.25, 0.3) is 6.17 Å². The molecule has 0 saturated carbocycles. The zero-order valence-electron chi connectivity index (χ0n) is 13.9. The fourth-order valence-corrected chi connectivity index (χ4v) is 2.83. The molecule has 2 aromatic rings. The van der Waals surface area contributed by atoms with Crippen LogP contribution in [0.3, 0.4) is 0 Å². The van der Waals surface area contributed by atoms with Crippen LogP contribution in [0.4, 0.5) is 11.4 Å². The lowest BCUT2D eigenvalue weighted by molar-refractivity contribution is 0.475. The molecule has 7 nitrogen and oxygen atoms in total. The average molecular weight is 447 g/mol. The summed E-state index contributed by atoms with van der Waals surface area (Å²) < 4.78 is 0. The largest absolute Gasteiger partial charge is 0.504 e. The molecule has 0 atom stereocenters. The van der Waals surface area contributed by atoms with E-state index in [1.54, 1.807) is 19.9 Å². The molecule has 0 aliphatic heterocycles. The van der Waals surface area contributed by atoms with E-state index in [0.29, 0.717) is 11.1 Å². The topological polar surface area (TPSA) is 114 Å². The highest BCUT2D eigenvalue weighted by molar-refractivity contribution is 6.37. The SMILES string of the molecule is Cc1c(Cl)cc(Cl)c(O)c1N=NC(C#N)N=Nc1c(C)c(Cl)cc(Cl)c1O. The molecule has 0 aliphatic rings. The van der Waals surface area contributed by atoms with Crippen LogP contribution >= 0.6 is 46.4 Å². The monoisotopic (exact) mass is 445 g/mol. The maximum absolute atomic E-state index is 9.99. The van der Waals surface area contributed by atoms with Gasteiger partial charge in [-0.3, -0.25) is 0 Å². The Bertz CT molecular complexity index is 876. The van der Waals surface area contributed by atoms with Crippen LogP contribution in [0.1, 0.15) is 11.1 Å². The summed E-state index contributed by atoms with van der Waals surface area (Å²) in [6, 6.07) is 4.49. The highest BCUT2D eigenvalue weighted by atomic mass is 35.5. The summed E-state index contributed by atoms with van der Waals surface area (Å²) in [5, 5.41) is 44.7. The molecule has 0 aliphatic carbocycles. The van der Waals surface area contributed by atoms with Crippen molar-refractivity contribution in [1.82, 2.24) is 0 Å². The molecule has 27 heavy (non-hydrogen) atoms. The first kappa shape index (κ1) is 21.2. The van der Waals surface area contributed by atoms with Gasteiger partial charge in [-0.25, -0.2) is 0 Å². The van der Waals surface area contributed by atoms with E-state index in [1.165, 1.54) is 12.1 Å². The maximum Gasteiger partial charge on any atom is 0.266 e. The van der Waals surface area contributed by atoms with Crippen LogP contribution in [0, 0.1) is 25.2 Å². The molecule has 2 aromatic carbocycles. The summed E-state index contributed by atoms with van der Waals surface area (Å²) >= 11 is 23.7. The number of rotatable bonds is 4. The average Bonchev–Trinajstić information content (AvgIpc) is 2.63. The van der Waals surface area contributed by atoms with E-state index < -0.39 is 6.17 Å². The number of hydrogen-bond donors (Lipinski definition) is 2. The van der Waals surface area contributed by atoms with Gasteiger partial charge in [0.05, 0.1) is 10.0 Å². The van der Waals surface area contributed by atoms with Crippen molar-refractivity contribution in [2.45, 2.75) is 20.0 Å². The van der Waals surface area contributed by atoms with Gasteiger partial charge >= 0.3 is 0 Å². The Morgan fingerprint density at radius 3 is 1.52 bits per heavy atom. The quantitative estimate of drug-likeness (QED) is 0.490. The minimum absolute atomic E-state index is 0.00720. The predicted octanol–water partition coefficient (Wildman–Crippen LogP) is 7.05. The van der Waals surface area contributed by atoms with E-state index in [9.17, 15) is 15.5 Å². The lowest BCUT2D eigenvalue weighted by atomic mass is 10.2. The van der Waals surface area contributed by atoms with E-state index in [2.05, 4.69) is 20.5 Å². The fourth-order valence-electron chi connectivity index (χ4n) is 1.93. The smallest absolute Gasteiger partial charge is 0.266 e. The molecule has 0 spiro atoms. The lowest BCUT2D eigenvalue weighted by Gasteiger charge is -2.07. The molecular weight excluding hydrogens is 436 g/mol. The van der Waals surface area contributed by atoms with Crippen molar-refractivity contribution >= 4 is 57.8 Å². The van der Waals surface area contributed by atoms with Crippen LogP contribution in [0.25, 0.3) is 0 Å². The Morgan fingerprint density at radius 1 is 0.815 bits per heavy atom. The second-order valence-corrected chi connectivity index (χ2v) is 6.89. The van der Waals surface area contributed by atoms with Gasteiger partial charge in [0.2, 0.25) is 0 Å². The minimum atomic E-state index is -1.36. The summed E-state index contributed by atoms with van der Waals surface area (Å²) in [6.07, 6.45) is -1.36. The number of nitriles is 1. The molecular formula is C16H11Cl4N5O2. The number of phenols is 2. The van der Waals surface area contributed by atoms with Gasteiger partial charge in [-0.15, -0.1) is 20.5 Å². The third kappa shape index (κ3) is 4.60. The summed E-state index contributed by atoms with van der Waals surface area (Å²) in [6.45, 7) is 3.20. The van der Waals surface area contributed by atoms with Gasteiger partial charge in [0, 0.05) is 10.0 Å². The molecule has 0 saturated heterocycles. The predicted molar refractivity (Wildman–Crippen MR) is 104 cm³/mol. The second kappa shape index (κ2) is 8.72. The van der Waals surface area contributed by atoms with E-state index in [0.717, 1.165) is 0 Å². The number of phenolic OH excluding ortho intramolecular Hbond substituents is 2. The van der Waals surface area contributed by atoms with Crippen molar-refractivity contribution in [2.24, 2.45) is 20.5 Å². The molecule has 0 bridgehead atoms. The van der Waals surface area contributed by atoms with E-state index >= 15 is 0 Å². The van der Waals surface area contributed by atoms with Crippen LogP contribution in [0.15, 0.2) is 32.6 Å². The second-order valence-electron chi connectivity index (χ2n) is 5.26. The Labute approximate surface area is 174 Å². The molecule has 2 rings (SSSR count). The summed E-state index contributed by atoms with van der Waals surface area (Å²) in [5.41, 5.74) is 0.859. The third-order valence-corrected chi connectivity index (χ3v) is 4.85. The zero-order chi connectivity index (χ0) is 20.3.